The van der Waals surface area contributed by atoms with Crippen LogP contribution < -0.4 is 16.0 Å². The van der Waals surface area contributed by atoms with Crippen molar-refractivity contribution in [2.24, 2.45) is 12.8 Å². The Bertz CT molecular complexity index is 711. The second-order valence-electron chi connectivity index (χ2n) is 5.24. The normalized spacial score (nSPS) is 16.8. The molecule has 0 aliphatic carbocycles. The number of fused-ring (bicyclic) bond motifs is 1. The number of nitrogens with two attached hydrogens (primary N) is 1. The van der Waals surface area contributed by atoms with Gasteiger partial charge in [0.15, 0.2) is 0 Å². The fourth-order valence-corrected chi connectivity index (χ4v) is 3.16. The van der Waals surface area contributed by atoms with Crippen LogP contribution >= 0.6 is 15.9 Å². The highest BCUT2D eigenvalue weighted by molar-refractivity contribution is 9.10. The van der Waals surface area contributed by atoms with E-state index in [-0.39, 0.29) is 5.91 Å². The van der Waals surface area contributed by atoms with Crippen molar-refractivity contribution >= 4 is 33.2 Å². The van der Waals surface area contributed by atoms with Crippen molar-refractivity contribution < 1.29 is 4.79 Å². The maximum absolute atomic E-state index is 11.6. The molecule has 6 nitrogen and oxygen atoms in total. The minimum Gasteiger partial charge on any atom is -0.369 e. The lowest BCUT2D eigenvalue weighted by atomic mass is 10.1. The molecule has 0 spiro atoms. The average Bonchev–Trinajstić information content (AvgIpc) is 2.95. The number of halogens is 1. The van der Waals surface area contributed by atoms with Gasteiger partial charge in [-0.25, -0.2) is 0 Å². The van der Waals surface area contributed by atoms with Crippen LogP contribution in [0.5, 0.6) is 0 Å². The van der Waals surface area contributed by atoms with Crippen LogP contribution in [0.4, 0.5) is 11.4 Å². The number of nitrogens with one attached hydrogen (secondary N) is 1. The van der Waals surface area contributed by atoms with E-state index >= 15 is 0 Å². The smallest absolute Gasteiger partial charge is 0.245 e. The summed E-state index contributed by atoms with van der Waals surface area (Å²) in [7, 11) is 3.89. The van der Waals surface area contributed by atoms with Crippen LogP contribution in [0.15, 0.2) is 29.0 Å². The summed E-state index contributed by atoms with van der Waals surface area (Å²) >= 11 is 3.56. The van der Waals surface area contributed by atoms with Crippen LogP contribution in [0, 0.1) is 0 Å². The number of carbonyl (C=O) groups excluding carboxylic acids is 1. The predicted molar refractivity (Wildman–Crippen MR) is 85.0 cm³/mol. The Morgan fingerprint density at radius 1 is 1.52 bits per heavy atom. The number of aryl methyl sites for hydroxylation is 1. The molecular formula is C14H16BrN5O. The lowest BCUT2D eigenvalue weighted by Crippen LogP contribution is -2.19. The lowest BCUT2D eigenvalue weighted by Gasteiger charge is -2.21. The summed E-state index contributed by atoms with van der Waals surface area (Å²) in [4.78, 5) is 13.7. The third-order valence-corrected chi connectivity index (χ3v) is 4.22. The van der Waals surface area contributed by atoms with Crippen molar-refractivity contribution in [3.63, 3.8) is 0 Å². The van der Waals surface area contributed by atoms with Gasteiger partial charge in [-0.2, -0.15) is 5.10 Å². The van der Waals surface area contributed by atoms with Crippen LogP contribution in [0.1, 0.15) is 17.2 Å². The third-order valence-electron chi connectivity index (χ3n) is 3.58. The van der Waals surface area contributed by atoms with Gasteiger partial charge in [-0.05, 0) is 28.1 Å². The molecule has 1 aromatic carbocycles. The SMILES string of the molecule is CN(Cc1cnn(C)c1)c1cc2c(cc1Br)C(N)C(=O)N2. The number of amides is 1. The summed E-state index contributed by atoms with van der Waals surface area (Å²) in [6.07, 6.45) is 3.82. The number of benzene rings is 1. The Morgan fingerprint density at radius 3 is 2.95 bits per heavy atom. The van der Waals surface area contributed by atoms with Gasteiger partial charge in [0.25, 0.3) is 0 Å². The summed E-state index contributed by atoms with van der Waals surface area (Å²) in [5.41, 5.74) is 9.57. The molecule has 1 aliphatic heterocycles. The molecule has 0 bridgehead atoms. The van der Waals surface area contributed by atoms with E-state index in [4.69, 9.17) is 5.73 Å². The molecule has 21 heavy (non-hydrogen) atoms. The van der Waals surface area contributed by atoms with Gasteiger partial charge in [0.05, 0.1) is 11.9 Å². The minimum atomic E-state index is -0.589. The molecule has 3 N–H and O–H groups in total. The maximum Gasteiger partial charge on any atom is 0.245 e. The molecule has 7 heteroatoms. The second kappa shape index (κ2) is 5.16. The van der Waals surface area contributed by atoms with E-state index in [0.717, 1.165) is 33.5 Å². The van der Waals surface area contributed by atoms with Gasteiger partial charge in [-0.15, -0.1) is 0 Å². The van der Waals surface area contributed by atoms with E-state index in [2.05, 4.69) is 31.2 Å². The predicted octanol–water partition coefficient (Wildman–Crippen LogP) is 1.77. The van der Waals surface area contributed by atoms with Gasteiger partial charge in [-0.3, -0.25) is 9.48 Å². The fraction of sp³-hybridized carbons (Fsp3) is 0.286. The van der Waals surface area contributed by atoms with E-state index in [1.54, 1.807) is 4.68 Å². The molecule has 1 unspecified atom stereocenters. The van der Waals surface area contributed by atoms with Crippen molar-refractivity contribution in [1.29, 1.82) is 0 Å². The van der Waals surface area contributed by atoms with E-state index in [1.807, 2.05) is 38.6 Å². The third kappa shape index (κ3) is 2.54. The number of hydrogen-bond donors (Lipinski definition) is 2. The summed E-state index contributed by atoms with van der Waals surface area (Å²) in [6.45, 7) is 0.727. The number of carbonyl (C=O) groups is 1. The van der Waals surface area contributed by atoms with Gasteiger partial charge < -0.3 is 16.0 Å². The van der Waals surface area contributed by atoms with E-state index in [9.17, 15) is 4.79 Å². The molecule has 0 radical (unpaired) electrons. The topological polar surface area (TPSA) is 76.2 Å². The van der Waals surface area contributed by atoms with Crippen molar-refractivity contribution in [1.82, 2.24) is 9.78 Å². The summed E-state index contributed by atoms with van der Waals surface area (Å²) in [6, 6.07) is 3.27. The molecule has 1 amide bonds. The molecular weight excluding hydrogens is 334 g/mol. The second-order valence-corrected chi connectivity index (χ2v) is 6.09. The average molecular weight is 350 g/mol. The lowest BCUT2D eigenvalue weighted by molar-refractivity contribution is -0.116. The monoisotopic (exact) mass is 349 g/mol. The first-order valence-corrected chi connectivity index (χ1v) is 7.33. The highest BCUT2D eigenvalue weighted by Crippen LogP contribution is 2.38. The fourth-order valence-electron chi connectivity index (χ4n) is 2.50. The van der Waals surface area contributed by atoms with Crippen molar-refractivity contribution in [3.05, 3.63) is 40.1 Å². The Hall–Kier alpha value is -1.86. The van der Waals surface area contributed by atoms with Gasteiger partial charge in [0.2, 0.25) is 5.91 Å². The number of nitrogens with zero attached hydrogens (tertiary/aromatic N) is 3. The summed E-state index contributed by atoms with van der Waals surface area (Å²) < 4.78 is 2.69. The number of aromatic nitrogens is 2. The largest absolute Gasteiger partial charge is 0.369 e. The Labute approximate surface area is 131 Å². The van der Waals surface area contributed by atoms with Gasteiger partial charge >= 0.3 is 0 Å². The Morgan fingerprint density at radius 2 is 2.29 bits per heavy atom. The standard InChI is InChI=1S/C14H16BrN5O/c1-19(6-8-5-17-20(2)7-8)12-4-11-9(3-10(12)15)13(16)14(21)18-11/h3-5,7,13H,6,16H2,1-2H3,(H,18,21). The Kier molecular flexibility index (Phi) is 3.46. The zero-order valence-electron chi connectivity index (χ0n) is 11.8. The Balaban J connectivity index is 1.89. The van der Waals surface area contributed by atoms with E-state index in [0.29, 0.717) is 0 Å². The molecule has 2 heterocycles. The van der Waals surface area contributed by atoms with Gasteiger partial charge in [0.1, 0.15) is 6.04 Å². The molecule has 2 aromatic rings. The van der Waals surface area contributed by atoms with Gasteiger partial charge in [0, 0.05) is 48.1 Å². The van der Waals surface area contributed by atoms with Crippen molar-refractivity contribution in [3.8, 4) is 0 Å². The highest BCUT2D eigenvalue weighted by Gasteiger charge is 2.28. The first-order chi connectivity index (χ1) is 9.95. The molecule has 0 fully saturated rings. The van der Waals surface area contributed by atoms with E-state index < -0.39 is 6.04 Å². The molecule has 0 saturated carbocycles. The molecule has 3 rings (SSSR count). The number of hydrogen-bond acceptors (Lipinski definition) is 4. The highest BCUT2D eigenvalue weighted by atomic mass is 79.9. The zero-order valence-corrected chi connectivity index (χ0v) is 13.4. The maximum atomic E-state index is 11.6. The van der Waals surface area contributed by atoms with E-state index in [1.165, 1.54) is 0 Å². The van der Waals surface area contributed by atoms with Gasteiger partial charge in [-0.1, -0.05) is 0 Å². The van der Waals surface area contributed by atoms with Crippen LogP contribution in [0.3, 0.4) is 0 Å². The number of anilines is 2. The van der Waals surface area contributed by atoms with Crippen molar-refractivity contribution in [2.45, 2.75) is 12.6 Å². The first-order valence-electron chi connectivity index (χ1n) is 6.54. The molecule has 1 atom stereocenters. The molecule has 110 valence electrons. The minimum absolute atomic E-state index is 0.163. The van der Waals surface area contributed by atoms with Crippen LogP contribution in [0.2, 0.25) is 0 Å². The molecule has 1 aromatic heterocycles. The first kappa shape index (κ1) is 14.1. The van der Waals surface area contributed by atoms with Crippen LogP contribution in [-0.2, 0) is 18.4 Å². The summed E-state index contributed by atoms with van der Waals surface area (Å²) in [5.74, 6) is -0.163. The quantitative estimate of drug-likeness (QED) is 0.885. The molecule has 0 saturated heterocycles. The summed E-state index contributed by atoms with van der Waals surface area (Å²) in [5, 5.41) is 6.98. The number of rotatable bonds is 3. The zero-order chi connectivity index (χ0) is 15.1. The molecule has 1 aliphatic rings. The van der Waals surface area contributed by atoms with Crippen LogP contribution in [-0.4, -0.2) is 22.7 Å². The van der Waals surface area contributed by atoms with Crippen molar-refractivity contribution in [2.75, 3.05) is 17.3 Å². The van der Waals surface area contributed by atoms with Crippen LogP contribution in [0.25, 0.3) is 0 Å².